The number of thiazole rings is 1. The Labute approximate surface area is 152 Å². The summed E-state index contributed by atoms with van der Waals surface area (Å²) in [5, 5.41) is 4.35. The van der Waals surface area contributed by atoms with Crippen molar-refractivity contribution in [1.82, 2.24) is 4.98 Å². The van der Waals surface area contributed by atoms with E-state index in [9.17, 15) is 4.79 Å². The number of hydrogen-bond donors (Lipinski definition) is 2. The van der Waals surface area contributed by atoms with E-state index in [4.69, 9.17) is 10.5 Å². The summed E-state index contributed by atoms with van der Waals surface area (Å²) in [7, 11) is 0. The number of hydrogen-bond acceptors (Lipinski definition) is 5. The number of anilines is 2. The first-order valence-electron chi connectivity index (χ1n) is 8.18. The first-order chi connectivity index (χ1) is 11.6. The Kier molecular flexibility index (Phi) is 5.85. The Balaban J connectivity index is 2.20. The number of carbonyl (C=O) groups excluding carboxylic acids is 1. The SMILES string of the molecule is CC(C)c1nc(/C=C/c2cccc(N)c2)sc1NC(=O)OC(C)(C)C. The molecular weight excluding hydrogens is 334 g/mol. The fraction of sp³-hybridized carbons (Fsp3) is 0.368. The number of benzene rings is 1. The van der Waals surface area contributed by atoms with Crippen molar-refractivity contribution in [1.29, 1.82) is 0 Å². The standard InChI is InChI=1S/C19H25N3O2S/c1-12(2)16-17(22-18(23)24-19(3,4)5)25-15(21-16)10-9-13-7-6-8-14(20)11-13/h6-12H,20H2,1-5H3,(H,22,23)/b10-9+. The molecule has 0 aliphatic rings. The summed E-state index contributed by atoms with van der Waals surface area (Å²) in [5.41, 5.74) is 7.83. The second kappa shape index (κ2) is 7.70. The van der Waals surface area contributed by atoms with Gasteiger partial charge in [-0.25, -0.2) is 9.78 Å². The lowest BCUT2D eigenvalue weighted by Crippen LogP contribution is -2.27. The minimum Gasteiger partial charge on any atom is -0.444 e. The lowest BCUT2D eigenvalue weighted by Gasteiger charge is -2.19. The van der Waals surface area contributed by atoms with Crippen molar-refractivity contribution in [3.8, 4) is 0 Å². The molecule has 1 amide bonds. The molecule has 0 radical (unpaired) electrons. The summed E-state index contributed by atoms with van der Waals surface area (Å²) in [5.74, 6) is 0.190. The van der Waals surface area contributed by atoms with Gasteiger partial charge in [-0.3, -0.25) is 5.32 Å². The molecule has 3 N–H and O–H groups in total. The van der Waals surface area contributed by atoms with Crippen LogP contribution in [0.15, 0.2) is 24.3 Å². The maximum Gasteiger partial charge on any atom is 0.412 e. The van der Waals surface area contributed by atoms with Crippen molar-refractivity contribution >= 4 is 40.3 Å². The Morgan fingerprint density at radius 2 is 2.04 bits per heavy atom. The van der Waals surface area contributed by atoms with Gasteiger partial charge in [-0.1, -0.05) is 43.4 Å². The van der Waals surface area contributed by atoms with Gasteiger partial charge in [0.05, 0.1) is 5.69 Å². The fourth-order valence-electron chi connectivity index (χ4n) is 2.13. The third-order valence-electron chi connectivity index (χ3n) is 3.16. The average Bonchev–Trinajstić information content (AvgIpc) is 2.86. The highest BCUT2D eigenvalue weighted by Crippen LogP contribution is 2.31. The summed E-state index contributed by atoms with van der Waals surface area (Å²) in [6, 6.07) is 7.63. The molecule has 0 aliphatic heterocycles. The highest BCUT2D eigenvalue weighted by molar-refractivity contribution is 7.16. The van der Waals surface area contributed by atoms with Gasteiger partial charge in [-0.2, -0.15) is 0 Å². The van der Waals surface area contributed by atoms with E-state index < -0.39 is 11.7 Å². The molecule has 0 saturated carbocycles. The van der Waals surface area contributed by atoms with Crippen LogP contribution in [0.25, 0.3) is 12.2 Å². The third-order valence-corrected chi connectivity index (χ3v) is 4.11. The average molecular weight is 359 g/mol. The molecule has 0 saturated heterocycles. The molecule has 0 fully saturated rings. The largest absolute Gasteiger partial charge is 0.444 e. The summed E-state index contributed by atoms with van der Waals surface area (Å²) in [6.07, 6.45) is 3.41. The Morgan fingerprint density at radius 3 is 2.64 bits per heavy atom. The predicted molar refractivity (Wildman–Crippen MR) is 106 cm³/mol. The molecule has 0 bridgehead atoms. The Hall–Kier alpha value is -2.34. The van der Waals surface area contributed by atoms with E-state index in [1.165, 1.54) is 11.3 Å². The number of nitrogen functional groups attached to an aromatic ring is 1. The van der Waals surface area contributed by atoms with Crippen LogP contribution in [0.1, 0.15) is 56.8 Å². The van der Waals surface area contributed by atoms with Gasteiger partial charge in [0.2, 0.25) is 0 Å². The minimum absolute atomic E-state index is 0.190. The number of carbonyl (C=O) groups is 1. The highest BCUT2D eigenvalue weighted by Gasteiger charge is 2.20. The molecule has 25 heavy (non-hydrogen) atoms. The molecule has 0 spiro atoms. The van der Waals surface area contributed by atoms with Crippen molar-refractivity contribution in [2.24, 2.45) is 0 Å². The van der Waals surface area contributed by atoms with Gasteiger partial charge >= 0.3 is 6.09 Å². The van der Waals surface area contributed by atoms with Crippen molar-refractivity contribution in [2.45, 2.75) is 46.1 Å². The van der Waals surface area contributed by atoms with Gasteiger partial charge in [0.1, 0.15) is 15.6 Å². The number of amides is 1. The Bertz CT molecular complexity index is 773. The Morgan fingerprint density at radius 1 is 1.32 bits per heavy atom. The first kappa shape index (κ1) is 19.0. The summed E-state index contributed by atoms with van der Waals surface area (Å²) < 4.78 is 5.33. The maximum absolute atomic E-state index is 12.0. The van der Waals surface area contributed by atoms with Crippen molar-refractivity contribution in [3.63, 3.8) is 0 Å². The number of nitrogens with zero attached hydrogens (tertiary/aromatic N) is 1. The van der Waals surface area contributed by atoms with E-state index >= 15 is 0 Å². The summed E-state index contributed by atoms with van der Waals surface area (Å²) in [6.45, 7) is 9.59. The molecule has 0 aliphatic carbocycles. The lowest BCUT2D eigenvalue weighted by atomic mass is 10.1. The van der Waals surface area contributed by atoms with Crippen LogP contribution < -0.4 is 11.1 Å². The van der Waals surface area contributed by atoms with Crippen molar-refractivity contribution < 1.29 is 9.53 Å². The molecule has 6 heteroatoms. The molecule has 134 valence electrons. The zero-order valence-corrected chi connectivity index (χ0v) is 16.1. The van der Waals surface area contributed by atoms with Crippen LogP contribution >= 0.6 is 11.3 Å². The zero-order chi connectivity index (χ0) is 18.6. The topological polar surface area (TPSA) is 77.2 Å². The quantitative estimate of drug-likeness (QED) is 0.720. The van der Waals surface area contributed by atoms with Crippen LogP contribution in [0.5, 0.6) is 0 Å². The number of nitrogens with two attached hydrogens (primary N) is 1. The monoisotopic (exact) mass is 359 g/mol. The molecule has 0 unspecified atom stereocenters. The minimum atomic E-state index is -0.539. The lowest BCUT2D eigenvalue weighted by molar-refractivity contribution is 0.0636. The van der Waals surface area contributed by atoms with Gasteiger partial charge in [0.15, 0.2) is 0 Å². The van der Waals surface area contributed by atoms with E-state index in [1.54, 1.807) is 0 Å². The van der Waals surface area contributed by atoms with E-state index in [0.717, 1.165) is 27.0 Å². The second-order valence-corrected chi connectivity index (χ2v) is 8.08. The van der Waals surface area contributed by atoms with Crippen LogP contribution in [-0.4, -0.2) is 16.7 Å². The highest BCUT2D eigenvalue weighted by atomic mass is 32.1. The molecule has 0 atom stereocenters. The van der Waals surface area contributed by atoms with Gasteiger partial charge in [-0.05, 0) is 50.5 Å². The maximum atomic E-state index is 12.0. The van der Waals surface area contributed by atoms with Crippen LogP contribution in [-0.2, 0) is 4.74 Å². The van der Waals surface area contributed by atoms with Crippen molar-refractivity contribution in [2.75, 3.05) is 11.1 Å². The normalized spacial score (nSPS) is 11.9. The van der Waals surface area contributed by atoms with Gasteiger partial charge in [0.25, 0.3) is 0 Å². The number of ether oxygens (including phenoxy) is 1. The van der Waals surface area contributed by atoms with Gasteiger partial charge < -0.3 is 10.5 Å². The third kappa shape index (κ3) is 5.90. The number of nitrogens with one attached hydrogen (secondary N) is 1. The van der Waals surface area contributed by atoms with E-state index in [2.05, 4.69) is 10.3 Å². The number of aromatic nitrogens is 1. The summed E-state index contributed by atoms with van der Waals surface area (Å²) >= 11 is 1.42. The van der Waals surface area contributed by atoms with Crippen LogP contribution in [0.3, 0.4) is 0 Å². The molecule has 2 aromatic rings. The second-order valence-electron chi connectivity index (χ2n) is 7.05. The van der Waals surface area contributed by atoms with E-state index in [-0.39, 0.29) is 5.92 Å². The van der Waals surface area contributed by atoms with Crippen molar-refractivity contribution in [3.05, 3.63) is 40.5 Å². The molecule has 1 aromatic heterocycles. The van der Waals surface area contributed by atoms with Gasteiger partial charge in [0, 0.05) is 5.69 Å². The molecule has 1 heterocycles. The van der Waals surface area contributed by atoms with Crippen LogP contribution in [0.2, 0.25) is 0 Å². The predicted octanol–water partition coefficient (Wildman–Crippen LogP) is 5.37. The molecule has 2 rings (SSSR count). The zero-order valence-electron chi connectivity index (χ0n) is 15.3. The smallest absolute Gasteiger partial charge is 0.412 e. The fourth-order valence-corrected chi connectivity index (χ4v) is 3.14. The van der Waals surface area contributed by atoms with Crippen LogP contribution in [0.4, 0.5) is 15.5 Å². The van der Waals surface area contributed by atoms with Crippen LogP contribution in [0, 0.1) is 0 Å². The molecular formula is C19H25N3O2S. The molecule has 1 aromatic carbocycles. The molecule has 5 nitrogen and oxygen atoms in total. The van der Waals surface area contributed by atoms with E-state index in [1.807, 2.05) is 71.0 Å². The first-order valence-corrected chi connectivity index (χ1v) is 9.00. The summed E-state index contributed by atoms with van der Waals surface area (Å²) in [4.78, 5) is 16.7. The van der Waals surface area contributed by atoms with E-state index in [0.29, 0.717) is 0 Å². The van der Waals surface area contributed by atoms with Gasteiger partial charge in [-0.15, -0.1) is 0 Å². The number of rotatable bonds is 4.